The molecule has 10 nitrogen and oxygen atoms in total. The van der Waals surface area contributed by atoms with Gasteiger partial charge in [-0.3, -0.25) is 14.0 Å². The van der Waals surface area contributed by atoms with Gasteiger partial charge in [0.05, 0.1) is 30.2 Å². The smallest absolute Gasteiger partial charge is 0.254 e. The highest BCUT2D eigenvalue weighted by atomic mass is 16.5. The Kier molecular flexibility index (Phi) is 7.38. The maximum Gasteiger partial charge on any atom is 0.254 e. The van der Waals surface area contributed by atoms with E-state index in [1.54, 1.807) is 7.11 Å². The number of rotatable bonds is 3. The van der Waals surface area contributed by atoms with E-state index in [2.05, 4.69) is 22.0 Å². The van der Waals surface area contributed by atoms with Crippen LogP contribution in [0.3, 0.4) is 0 Å². The van der Waals surface area contributed by atoms with E-state index in [-0.39, 0.29) is 36.0 Å². The molecule has 238 valence electrons. The summed E-state index contributed by atoms with van der Waals surface area (Å²) in [4.78, 5) is 39.2. The lowest BCUT2D eigenvalue weighted by Gasteiger charge is -2.26. The van der Waals surface area contributed by atoms with Crippen LogP contribution in [0.15, 0.2) is 30.3 Å². The molecule has 3 N–H and O–H groups in total. The molecular formula is C35H45N7O3. The van der Waals surface area contributed by atoms with Gasteiger partial charge in [-0.15, -0.1) is 0 Å². The molecule has 2 fully saturated rings. The van der Waals surface area contributed by atoms with Crippen molar-refractivity contribution in [3.63, 3.8) is 0 Å². The number of aryl methyl sites for hydroxylation is 2. The van der Waals surface area contributed by atoms with E-state index in [1.165, 1.54) is 0 Å². The maximum absolute atomic E-state index is 13.8. The number of nitrogens with one attached hydrogen (secondary N) is 1. The average Bonchev–Trinajstić information content (AvgIpc) is 3.77. The second-order valence-electron chi connectivity index (χ2n) is 14.0. The molecule has 0 radical (unpaired) electrons. The normalized spacial score (nSPS) is 25.2. The van der Waals surface area contributed by atoms with Crippen LogP contribution in [0, 0.1) is 12.3 Å². The van der Waals surface area contributed by atoms with Crippen molar-refractivity contribution in [2.75, 3.05) is 7.11 Å². The van der Waals surface area contributed by atoms with Crippen molar-refractivity contribution in [3.05, 3.63) is 47.3 Å². The largest absolute Gasteiger partial charge is 0.482 e. The van der Waals surface area contributed by atoms with E-state index < -0.39 is 5.41 Å². The van der Waals surface area contributed by atoms with Crippen LogP contribution in [0.1, 0.15) is 99.9 Å². The molecule has 3 aliphatic heterocycles. The number of methoxy groups -OCH3 is 1. The summed E-state index contributed by atoms with van der Waals surface area (Å²) in [6.45, 7) is 8.93. The summed E-state index contributed by atoms with van der Waals surface area (Å²) in [5, 5.41) is 4.24. The highest BCUT2D eigenvalue weighted by molar-refractivity contribution is 5.97. The highest BCUT2D eigenvalue weighted by Gasteiger charge is 2.47. The molecule has 7 heterocycles. The lowest BCUT2D eigenvalue weighted by atomic mass is 9.85. The molecule has 4 aromatic heterocycles. The number of imidazole rings is 1. The molecule has 0 aliphatic carbocycles. The van der Waals surface area contributed by atoms with Crippen LogP contribution >= 0.6 is 0 Å². The first kappa shape index (κ1) is 29.8. The summed E-state index contributed by atoms with van der Waals surface area (Å²) in [6, 6.07) is 10.1. The predicted octanol–water partition coefficient (Wildman–Crippen LogP) is 5.54. The number of pyridine rings is 2. The number of hydrogen-bond donors (Lipinski definition) is 2. The Balaban J connectivity index is 1.31. The van der Waals surface area contributed by atoms with Gasteiger partial charge >= 0.3 is 0 Å². The van der Waals surface area contributed by atoms with E-state index in [9.17, 15) is 9.59 Å². The minimum atomic E-state index is -0.414. The third kappa shape index (κ3) is 4.98. The number of amides is 2. The fourth-order valence-corrected chi connectivity index (χ4v) is 7.87. The summed E-state index contributed by atoms with van der Waals surface area (Å²) >= 11 is 0. The van der Waals surface area contributed by atoms with E-state index in [1.807, 2.05) is 55.2 Å². The fraction of sp³-hybridized carbons (Fsp3) is 0.543. The number of carbonyl (C=O) groups excluding carboxylic acids is 2. The summed E-state index contributed by atoms with van der Waals surface area (Å²) in [5.74, 6) is 0.646. The molecule has 0 saturated carbocycles. The van der Waals surface area contributed by atoms with Gasteiger partial charge in [0.2, 0.25) is 5.91 Å². The highest BCUT2D eigenvalue weighted by Crippen LogP contribution is 2.39. The number of fused-ring (bicyclic) bond motifs is 4. The molecular weight excluding hydrogens is 566 g/mol. The Morgan fingerprint density at radius 1 is 1.09 bits per heavy atom. The van der Waals surface area contributed by atoms with E-state index in [4.69, 9.17) is 20.4 Å². The number of nitrogens with zero attached hydrogens (tertiary/aromatic N) is 5. The van der Waals surface area contributed by atoms with Gasteiger partial charge in [-0.05, 0) is 70.2 Å². The third-order valence-electron chi connectivity index (χ3n) is 10.5. The molecule has 4 aromatic rings. The predicted molar refractivity (Wildman–Crippen MR) is 174 cm³/mol. The molecule has 4 bridgehead atoms. The molecule has 0 unspecified atom stereocenters. The van der Waals surface area contributed by atoms with Crippen molar-refractivity contribution in [2.24, 2.45) is 11.1 Å². The van der Waals surface area contributed by atoms with Gasteiger partial charge in [0, 0.05) is 47.1 Å². The average molecular weight is 612 g/mol. The van der Waals surface area contributed by atoms with E-state index in [0.717, 1.165) is 91.7 Å². The number of ether oxygens (including phenoxy) is 1. The lowest BCUT2D eigenvalue weighted by molar-refractivity contribution is -0.130. The first-order chi connectivity index (χ1) is 21.6. The van der Waals surface area contributed by atoms with Crippen molar-refractivity contribution in [1.82, 2.24) is 29.2 Å². The van der Waals surface area contributed by atoms with Crippen LogP contribution in [0.25, 0.3) is 28.1 Å². The Bertz CT molecular complexity index is 1800. The molecule has 0 spiro atoms. The van der Waals surface area contributed by atoms with E-state index >= 15 is 0 Å². The lowest BCUT2D eigenvalue weighted by Crippen LogP contribution is -2.40. The zero-order valence-electron chi connectivity index (χ0n) is 27.1. The molecule has 10 heteroatoms. The van der Waals surface area contributed by atoms with Crippen LogP contribution in [0.5, 0.6) is 5.88 Å². The number of nitrogens with two attached hydrogens (primary N) is 1. The van der Waals surface area contributed by atoms with Crippen molar-refractivity contribution in [2.45, 2.75) is 110 Å². The molecule has 0 aromatic carbocycles. The number of aromatic nitrogens is 4. The second-order valence-corrected chi connectivity index (χ2v) is 14.0. The second kappa shape index (κ2) is 11.2. The summed E-state index contributed by atoms with van der Waals surface area (Å²) < 4.78 is 10.1. The van der Waals surface area contributed by atoms with Gasteiger partial charge in [-0.25, -0.2) is 9.97 Å². The SMILES string of the molecule is COc1cc(C(=O)N2[C@H]3CC[C@@H]2[C@H](N)C3)cc2nc(-c3cc4ccc5nc4n3CCCCCCC(C)(C)C(=O)N[C@@H]5C)c(C)n12. The molecule has 2 amide bonds. The fourth-order valence-electron chi connectivity index (χ4n) is 7.87. The Morgan fingerprint density at radius 2 is 1.89 bits per heavy atom. The summed E-state index contributed by atoms with van der Waals surface area (Å²) in [6.07, 6.45) is 7.86. The number of carbonyl (C=O) groups is 2. The Hall–Kier alpha value is -3.92. The van der Waals surface area contributed by atoms with E-state index in [0.29, 0.717) is 17.1 Å². The minimum Gasteiger partial charge on any atom is -0.482 e. The first-order valence-corrected chi connectivity index (χ1v) is 16.5. The van der Waals surface area contributed by atoms with Gasteiger partial charge in [-0.2, -0.15) is 0 Å². The molecule has 7 rings (SSSR count). The molecule has 3 aliphatic rings. The Labute approximate surface area is 264 Å². The Morgan fingerprint density at radius 3 is 2.62 bits per heavy atom. The van der Waals surface area contributed by atoms with Crippen molar-refractivity contribution in [3.8, 4) is 17.3 Å². The maximum atomic E-state index is 13.8. The first-order valence-electron chi connectivity index (χ1n) is 16.5. The van der Waals surface area contributed by atoms with Crippen LogP contribution in [-0.2, 0) is 11.3 Å². The topological polar surface area (TPSA) is 120 Å². The summed E-state index contributed by atoms with van der Waals surface area (Å²) in [7, 11) is 1.63. The van der Waals surface area contributed by atoms with Crippen molar-refractivity contribution in [1.29, 1.82) is 0 Å². The third-order valence-corrected chi connectivity index (χ3v) is 10.5. The standard InChI is InChI=1S/C35H45N7O3/c1-20-26-12-10-22-16-28(40(32(22)38-26)15-9-7-6-8-14-35(3,4)34(44)37-20)31-21(2)41-29(39-31)17-23(18-30(41)45-5)33(43)42-24-11-13-27(42)25(36)19-24/h10,12,16-18,20,24-25,27H,6-9,11,13-15,19,36H2,1-5H3,(H,37,44)/t20-,24+,25-,27-/m1/s1. The van der Waals surface area contributed by atoms with Gasteiger partial charge in [-0.1, -0.05) is 33.1 Å². The van der Waals surface area contributed by atoms with Crippen LogP contribution < -0.4 is 15.8 Å². The summed E-state index contributed by atoms with van der Waals surface area (Å²) in [5.41, 5.74) is 11.7. The number of hydrogen-bond acceptors (Lipinski definition) is 6. The van der Waals surface area contributed by atoms with Crippen LogP contribution in [-0.4, -0.2) is 60.9 Å². The van der Waals surface area contributed by atoms with Gasteiger partial charge in [0.15, 0.2) is 5.88 Å². The van der Waals surface area contributed by atoms with Crippen molar-refractivity contribution >= 4 is 28.5 Å². The molecule has 4 atom stereocenters. The monoisotopic (exact) mass is 611 g/mol. The van der Waals surface area contributed by atoms with Gasteiger partial charge in [0.25, 0.3) is 5.91 Å². The zero-order chi connectivity index (χ0) is 31.6. The van der Waals surface area contributed by atoms with Crippen LogP contribution in [0.2, 0.25) is 0 Å². The van der Waals surface area contributed by atoms with Crippen molar-refractivity contribution < 1.29 is 14.3 Å². The van der Waals surface area contributed by atoms with Gasteiger partial charge in [0.1, 0.15) is 17.0 Å². The molecule has 45 heavy (non-hydrogen) atoms. The van der Waals surface area contributed by atoms with Crippen LogP contribution in [0.4, 0.5) is 0 Å². The zero-order valence-corrected chi connectivity index (χ0v) is 27.1. The quantitative estimate of drug-likeness (QED) is 0.314. The molecule has 2 saturated heterocycles. The minimum absolute atomic E-state index is 0.00190. The van der Waals surface area contributed by atoms with Gasteiger partial charge < -0.3 is 25.3 Å².